The van der Waals surface area contributed by atoms with Gasteiger partial charge in [0.05, 0.1) is 11.4 Å². The van der Waals surface area contributed by atoms with E-state index >= 15 is 0 Å². The van der Waals surface area contributed by atoms with Gasteiger partial charge in [-0.05, 0) is 61.7 Å². The number of aromatic amines is 1. The molecule has 4 aromatic rings. The van der Waals surface area contributed by atoms with Crippen molar-refractivity contribution in [3.8, 4) is 22.5 Å². The average Bonchev–Trinajstić information content (AvgIpc) is 3.37. The number of aromatic nitrogens is 2. The first-order valence-corrected chi connectivity index (χ1v) is 12.4. The third-order valence-electron chi connectivity index (χ3n) is 6.95. The Morgan fingerprint density at radius 3 is 2.74 bits per heavy atom. The SMILES string of the molecule is C[C@H]1CCCCN1CCCNC(=O)c1ccc(-c2cc(-c3cccc4ccccc34)[nH]n2)cc1. The molecule has 2 N–H and O–H groups in total. The molecule has 0 bridgehead atoms. The van der Waals surface area contributed by atoms with Crippen LogP contribution >= 0.6 is 0 Å². The van der Waals surface area contributed by atoms with Gasteiger partial charge in [0.15, 0.2) is 0 Å². The van der Waals surface area contributed by atoms with E-state index in [1.54, 1.807) is 0 Å². The van der Waals surface area contributed by atoms with Crippen LogP contribution in [0.15, 0.2) is 72.8 Å². The molecule has 174 valence electrons. The van der Waals surface area contributed by atoms with Crippen molar-refractivity contribution in [2.75, 3.05) is 19.6 Å². The standard InChI is InChI=1S/C29H32N4O/c1-21-8-4-5-18-33(21)19-7-17-30-29(34)24-15-13-23(14-16-24)27-20-28(32-31-27)26-12-6-10-22-9-2-3-11-25(22)26/h2-3,6,9-16,20-21H,4-5,7-8,17-19H2,1H3,(H,30,34)(H,31,32)/t21-/m0/s1. The van der Waals surface area contributed by atoms with Crippen LogP contribution in [0.1, 0.15) is 43.0 Å². The van der Waals surface area contributed by atoms with E-state index in [4.69, 9.17) is 0 Å². The van der Waals surface area contributed by atoms with Crippen molar-refractivity contribution in [2.45, 2.75) is 38.6 Å². The van der Waals surface area contributed by atoms with Crippen LogP contribution in [0.4, 0.5) is 0 Å². The van der Waals surface area contributed by atoms with Gasteiger partial charge < -0.3 is 10.2 Å². The summed E-state index contributed by atoms with van der Waals surface area (Å²) in [5.41, 5.74) is 4.65. The molecule has 1 aliphatic rings. The number of H-pyrrole nitrogens is 1. The second-order valence-corrected chi connectivity index (χ2v) is 9.26. The predicted octanol–water partition coefficient (Wildman–Crippen LogP) is 5.89. The summed E-state index contributed by atoms with van der Waals surface area (Å²) in [4.78, 5) is 15.1. The molecule has 2 heterocycles. The minimum absolute atomic E-state index is 0.0169. The Morgan fingerprint density at radius 2 is 1.88 bits per heavy atom. The highest BCUT2D eigenvalue weighted by Crippen LogP contribution is 2.30. The lowest BCUT2D eigenvalue weighted by molar-refractivity contribution is 0.0949. The fourth-order valence-corrected chi connectivity index (χ4v) is 4.94. The van der Waals surface area contributed by atoms with Crippen LogP contribution < -0.4 is 5.32 Å². The van der Waals surface area contributed by atoms with Crippen LogP contribution in [0, 0.1) is 0 Å². The number of hydrogen-bond acceptors (Lipinski definition) is 3. The van der Waals surface area contributed by atoms with Gasteiger partial charge in [0.1, 0.15) is 0 Å². The first-order valence-electron chi connectivity index (χ1n) is 12.4. The number of fused-ring (bicyclic) bond motifs is 1. The Morgan fingerprint density at radius 1 is 1.06 bits per heavy atom. The lowest BCUT2D eigenvalue weighted by atomic mass is 10.0. The quantitative estimate of drug-likeness (QED) is 0.344. The Labute approximate surface area is 201 Å². The topological polar surface area (TPSA) is 61.0 Å². The van der Waals surface area contributed by atoms with E-state index < -0.39 is 0 Å². The molecular formula is C29H32N4O. The van der Waals surface area contributed by atoms with E-state index in [-0.39, 0.29) is 5.91 Å². The molecule has 0 aliphatic carbocycles. The van der Waals surface area contributed by atoms with E-state index in [1.807, 2.05) is 24.3 Å². The normalized spacial score (nSPS) is 16.6. The van der Waals surface area contributed by atoms with Crippen LogP contribution in [-0.4, -0.2) is 46.7 Å². The first kappa shape index (κ1) is 22.4. The van der Waals surface area contributed by atoms with Crippen LogP contribution in [0.5, 0.6) is 0 Å². The zero-order valence-corrected chi connectivity index (χ0v) is 19.8. The van der Waals surface area contributed by atoms with Gasteiger partial charge in [-0.2, -0.15) is 5.10 Å². The van der Waals surface area contributed by atoms with Crippen molar-refractivity contribution in [1.29, 1.82) is 0 Å². The highest BCUT2D eigenvalue weighted by Gasteiger charge is 2.17. The lowest BCUT2D eigenvalue weighted by Crippen LogP contribution is -2.39. The Kier molecular flexibility index (Phi) is 6.72. The number of hydrogen-bond donors (Lipinski definition) is 2. The van der Waals surface area contributed by atoms with Crippen molar-refractivity contribution < 1.29 is 4.79 Å². The third kappa shape index (κ3) is 4.90. The molecule has 3 aromatic carbocycles. The Bertz CT molecular complexity index is 1260. The second-order valence-electron chi connectivity index (χ2n) is 9.26. The fraction of sp³-hybridized carbons (Fsp3) is 0.310. The van der Waals surface area contributed by atoms with Gasteiger partial charge in [-0.15, -0.1) is 0 Å². The van der Waals surface area contributed by atoms with Gasteiger partial charge in [0.2, 0.25) is 0 Å². The summed E-state index contributed by atoms with van der Waals surface area (Å²) in [6.07, 6.45) is 4.91. The van der Waals surface area contributed by atoms with Gasteiger partial charge in [-0.25, -0.2) is 0 Å². The molecular weight excluding hydrogens is 420 g/mol. The molecule has 1 aliphatic heterocycles. The molecule has 0 unspecified atom stereocenters. The second kappa shape index (κ2) is 10.2. The van der Waals surface area contributed by atoms with Crippen molar-refractivity contribution in [3.05, 3.63) is 78.4 Å². The zero-order chi connectivity index (χ0) is 23.3. The summed E-state index contributed by atoms with van der Waals surface area (Å²) in [5, 5.41) is 13.2. The smallest absolute Gasteiger partial charge is 0.251 e. The molecule has 1 fully saturated rings. The number of carbonyl (C=O) groups is 1. The van der Waals surface area contributed by atoms with E-state index in [0.717, 1.165) is 35.5 Å². The molecule has 5 rings (SSSR count). The van der Waals surface area contributed by atoms with E-state index in [1.165, 1.54) is 36.6 Å². The van der Waals surface area contributed by atoms with Gasteiger partial charge in [-0.1, -0.05) is 61.0 Å². The molecule has 1 atom stereocenters. The van der Waals surface area contributed by atoms with Crippen molar-refractivity contribution >= 4 is 16.7 Å². The van der Waals surface area contributed by atoms with Crippen LogP contribution in [0.2, 0.25) is 0 Å². The van der Waals surface area contributed by atoms with E-state index in [9.17, 15) is 4.79 Å². The minimum atomic E-state index is -0.0169. The van der Waals surface area contributed by atoms with Gasteiger partial charge in [0.25, 0.3) is 5.91 Å². The van der Waals surface area contributed by atoms with Crippen LogP contribution in [0.3, 0.4) is 0 Å². The number of benzene rings is 3. The third-order valence-corrected chi connectivity index (χ3v) is 6.95. The van der Waals surface area contributed by atoms with Crippen molar-refractivity contribution in [3.63, 3.8) is 0 Å². The maximum absolute atomic E-state index is 12.6. The number of carbonyl (C=O) groups excluding carboxylic acids is 1. The Balaban J connectivity index is 1.20. The summed E-state index contributed by atoms with van der Waals surface area (Å²) < 4.78 is 0. The van der Waals surface area contributed by atoms with Crippen LogP contribution in [-0.2, 0) is 0 Å². The van der Waals surface area contributed by atoms with Crippen molar-refractivity contribution in [2.24, 2.45) is 0 Å². The van der Waals surface area contributed by atoms with Crippen LogP contribution in [0.25, 0.3) is 33.3 Å². The molecule has 0 radical (unpaired) electrons. The molecule has 34 heavy (non-hydrogen) atoms. The number of piperidine rings is 1. The highest BCUT2D eigenvalue weighted by atomic mass is 16.1. The summed E-state index contributed by atoms with van der Waals surface area (Å²) >= 11 is 0. The first-order chi connectivity index (χ1) is 16.7. The van der Waals surface area contributed by atoms with Gasteiger partial charge in [-0.3, -0.25) is 9.89 Å². The maximum atomic E-state index is 12.6. The summed E-state index contributed by atoms with van der Waals surface area (Å²) in [7, 11) is 0. The number of amides is 1. The largest absolute Gasteiger partial charge is 0.352 e. The molecule has 0 saturated carbocycles. The molecule has 1 saturated heterocycles. The fourth-order valence-electron chi connectivity index (χ4n) is 4.94. The predicted molar refractivity (Wildman–Crippen MR) is 139 cm³/mol. The molecule has 5 nitrogen and oxygen atoms in total. The number of likely N-dealkylation sites (tertiary alicyclic amines) is 1. The summed E-state index contributed by atoms with van der Waals surface area (Å²) in [6, 6.07) is 25.1. The maximum Gasteiger partial charge on any atom is 0.251 e. The molecule has 1 amide bonds. The van der Waals surface area contributed by atoms with E-state index in [2.05, 4.69) is 75.9 Å². The summed E-state index contributed by atoms with van der Waals surface area (Å²) in [5.74, 6) is -0.0169. The minimum Gasteiger partial charge on any atom is -0.352 e. The monoisotopic (exact) mass is 452 g/mol. The average molecular weight is 453 g/mol. The lowest BCUT2D eigenvalue weighted by Gasteiger charge is -2.33. The Hall–Kier alpha value is -3.44. The molecule has 1 aromatic heterocycles. The molecule has 0 spiro atoms. The van der Waals surface area contributed by atoms with E-state index in [0.29, 0.717) is 18.2 Å². The number of nitrogens with zero attached hydrogens (tertiary/aromatic N) is 2. The number of rotatable bonds is 7. The highest BCUT2D eigenvalue weighted by molar-refractivity contribution is 5.96. The zero-order valence-electron chi connectivity index (χ0n) is 19.8. The van der Waals surface area contributed by atoms with Gasteiger partial charge in [0, 0.05) is 35.8 Å². The van der Waals surface area contributed by atoms with Gasteiger partial charge >= 0.3 is 0 Å². The molecule has 5 heteroatoms. The van der Waals surface area contributed by atoms with Crippen molar-refractivity contribution in [1.82, 2.24) is 20.4 Å². The number of nitrogens with one attached hydrogen (secondary N) is 2. The summed E-state index contributed by atoms with van der Waals surface area (Å²) in [6.45, 7) is 5.26.